The van der Waals surface area contributed by atoms with E-state index in [1.165, 1.54) is 0 Å². The van der Waals surface area contributed by atoms with E-state index < -0.39 is 0 Å². The maximum atomic E-state index is 13.5. The van der Waals surface area contributed by atoms with E-state index in [0.29, 0.717) is 47.5 Å². The Bertz CT molecular complexity index is 1170. The smallest absolute Gasteiger partial charge is 0.322 e. The van der Waals surface area contributed by atoms with Crippen LogP contribution in [0.1, 0.15) is 17.3 Å². The zero-order chi connectivity index (χ0) is 22.9. The number of nitrogens with zero attached hydrogens (tertiary/aromatic N) is 2. The molecule has 2 aliphatic rings. The van der Waals surface area contributed by atoms with E-state index in [1.807, 2.05) is 30.5 Å². The molecule has 2 aromatic carbocycles. The number of methoxy groups -OCH3 is 3. The molecule has 1 N–H and O–H groups in total. The van der Waals surface area contributed by atoms with Crippen LogP contribution in [0.4, 0.5) is 10.5 Å². The summed E-state index contributed by atoms with van der Waals surface area (Å²) in [6.45, 7) is 1.40. The first-order valence-corrected chi connectivity index (χ1v) is 10.5. The van der Waals surface area contributed by atoms with E-state index in [4.69, 9.17) is 23.7 Å². The lowest BCUT2D eigenvalue weighted by molar-refractivity contribution is 0.174. The third-order valence-electron chi connectivity index (χ3n) is 5.93. The number of carbonyl (C=O) groups excluding carboxylic acids is 1. The summed E-state index contributed by atoms with van der Waals surface area (Å²) >= 11 is 0. The largest absolute Gasteiger partial charge is 0.493 e. The Balaban J connectivity index is 1.52. The van der Waals surface area contributed by atoms with E-state index in [9.17, 15) is 4.79 Å². The lowest BCUT2D eigenvalue weighted by atomic mass is 9.99. The van der Waals surface area contributed by atoms with Crippen molar-refractivity contribution in [3.63, 3.8) is 0 Å². The first-order chi connectivity index (χ1) is 16.1. The Hall–Kier alpha value is -4.01. The van der Waals surface area contributed by atoms with Crippen LogP contribution in [0.15, 0.2) is 48.7 Å². The standard InChI is InChI=1S/C24H25N3O6/c1-29-20-11-15(12-21(30-2)23(20)31-3)22-17-5-4-8-26(17)9-10-27(22)24(28)25-16-6-7-18-19(13-16)33-14-32-18/h4-8,11-13,22H,9-10,14H2,1-3H3,(H,25,28)/t22-/m1/s1. The maximum Gasteiger partial charge on any atom is 0.322 e. The molecule has 0 radical (unpaired) electrons. The number of anilines is 1. The van der Waals surface area contributed by atoms with E-state index in [1.54, 1.807) is 44.4 Å². The topological polar surface area (TPSA) is 83.4 Å². The number of carbonyl (C=O) groups is 1. The Morgan fingerprint density at radius 1 is 0.970 bits per heavy atom. The zero-order valence-electron chi connectivity index (χ0n) is 18.7. The molecule has 9 nitrogen and oxygen atoms in total. The highest BCUT2D eigenvalue weighted by molar-refractivity contribution is 5.90. The summed E-state index contributed by atoms with van der Waals surface area (Å²) in [6.07, 6.45) is 2.02. The average Bonchev–Trinajstić information content (AvgIpc) is 3.51. The molecule has 0 spiro atoms. The quantitative estimate of drug-likeness (QED) is 0.634. The molecule has 0 saturated carbocycles. The van der Waals surface area contributed by atoms with Crippen molar-refractivity contribution >= 4 is 11.7 Å². The number of nitrogens with one attached hydrogen (secondary N) is 1. The van der Waals surface area contributed by atoms with E-state index >= 15 is 0 Å². The number of hydrogen-bond acceptors (Lipinski definition) is 6. The summed E-state index contributed by atoms with van der Waals surface area (Å²) in [4.78, 5) is 15.3. The van der Waals surface area contributed by atoms with Gasteiger partial charge in [-0.2, -0.15) is 0 Å². The van der Waals surface area contributed by atoms with Crippen LogP contribution in [0.2, 0.25) is 0 Å². The second kappa shape index (κ2) is 8.50. The lowest BCUT2D eigenvalue weighted by Crippen LogP contribution is -2.44. The van der Waals surface area contributed by atoms with Crippen molar-refractivity contribution in [2.75, 3.05) is 40.0 Å². The van der Waals surface area contributed by atoms with Gasteiger partial charge in [0.25, 0.3) is 0 Å². The van der Waals surface area contributed by atoms with Crippen LogP contribution in [0.5, 0.6) is 28.7 Å². The molecule has 1 aromatic heterocycles. The highest BCUT2D eigenvalue weighted by Gasteiger charge is 2.34. The molecule has 5 rings (SSSR count). The number of benzene rings is 2. The molecule has 2 aliphatic heterocycles. The number of hydrogen-bond donors (Lipinski definition) is 1. The van der Waals surface area contributed by atoms with Crippen molar-refractivity contribution in [1.29, 1.82) is 0 Å². The zero-order valence-corrected chi connectivity index (χ0v) is 18.7. The average molecular weight is 451 g/mol. The minimum atomic E-state index is -0.350. The maximum absolute atomic E-state index is 13.5. The van der Waals surface area contributed by atoms with Gasteiger partial charge in [0.1, 0.15) is 0 Å². The molecule has 0 fully saturated rings. The highest BCUT2D eigenvalue weighted by atomic mass is 16.7. The molecule has 33 heavy (non-hydrogen) atoms. The summed E-state index contributed by atoms with van der Waals surface area (Å²) < 4.78 is 29.5. The molecule has 3 aromatic rings. The Labute approximate surface area is 191 Å². The van der Waals surface area contributed by atoms with Gasteiger partial charge in [-0.1, -0.05) is 0 Å². The summed E-state index contributed by atoms with van der Waals surface area (Å²) in [5.41, 5.74) is 2.48. The van der Waals surface area contributed by atoms with E-state index in [-0.39, 0.29) is 18.9 Å². The molecule has 0 unspecified atom stereocenters. The van der Waals surface area contributed by atoms with Crippen LogP contribution in [0.3, 0.4) is 0 Å². The second-order valence-corrected chi connectivity index (χ2v) is 7.68. The van der Waals surface area contributed by atoms with Crippen LogP contribution >= 0.6 is 0 Å². The van der Waals surface area contributed by atoms with Gasteiger partial charge in [0, 0.05) is 36.7 Å². The number of aromatic nitrogens is 1. The van der Waals surface area contributed by atoms with E-state index in [0.717, 1.165) is 11.3 Å². The molecular formula is C24H25N3O6. The summed E-state index contributed by atoms with van der Waals surface area (Å²) in [6, 6.07) is 12.6. The first kappa shape index (κ1) is 20.9. The SMILES string of the molecule is COc1cc([C@@H]2c3cccn3CCN2C(=O)Nc2ccc3c(c2)OCO3)cc(OC)c1OC. The summed E-state index contributed by atoms with van der Waals surface area (Å²) in [5, 5.41) is 3.00. The molecule has 172 valence electrons. The number of ether oxygens (including phenoxy) is 5. The molecule has 1 atom stereocenters. The van der Waals surface area contributed by atoms with E-state index in [2.05, 4.69) is 9.88 Å². The van der Waals surface area contributed by atoms with Gasteiger partial charge < -0.3 is 38.5 Å². The van der Waals surface area contributed by atoms with Crippen LogP contribution in [0, 0.1) is 0 Å². The van der Waals surface area contributed by atoms with Gasteiger partial charge in [-0.3, -0.25) is 0 Å². The van der Waals surface area contributed by atoms with Gasteiger partial charge in [-0.25, -0.2) is 4.79 Å². The summed E-state index contributed by atoms with van der Waals surface area (Å²) in [7, 11) is 4.72. The Kier molecular flexibility index (Phi) is 5.37. The molecule has 9 heteroatoms. The number of rotatable bonds is 5. The van der Waals surface area contributed by atoms with Crippen LogP contribution < -0.4 is 29.0 Å². The van der Waals surface area contributed by atoms with Crippen molar-refractivity contribution in [2.45, 2.75) is 12.6 Å². The molecule has 0 aliphatic carbocycles. The fraction of sp³-hybridized carbons (Fsp3) is 0.292. The monoisotopic (exact) mass is 451 g/mol. The molecule has 3 heterocycles. The number of amides is 2. The van der Waals surface area contributed by atoms with Crippen LogP contribution in [-0.4, -0.2) is 50.2 Å². The highest BCUT2D eigenvalue weighted by Crippen LogP contribution is 2.43. The lowest BCUT2D eigenvalue weighted by Gasteiger charge is -2.37. The third kappa shape index (κ3) is 3.65. The molecular weight excluding hydrogens is 426 g/mol. The van der Waals surface area contributed by atoms with Gasteiger partial charge in [0.05, 0.1) is 27.4 Å². The van der Waals surface area contributed by atoms with Gasteiger partial charge in [0.2, 0.25) is 12.5 Å². The molecule has 2 amide bonds. The fourth-order valence-electron chi connectivity index (χ4n) is 4.38. The first-order valence-electron chi connectivity index (χ1n) is 10.5. The Morgan fingerprint density at radius 3 is 2.45 bits per heavy atom. The van der Waals surface area contributed by atoms with Crippen molar-refractivity contribution in [3.05, 3.63) is 59.9 Å². The normalized spacial score (nSPS) is 16.2. The van der Waals surface area contributed by atoms with Gasteiger partial charge in [-0.05, 0) is 42.0 Å². The fourth-order valence-corrected chi connectivity index (χ4v) is 4.38. The third-order valence-corrected chi connectivity index (χ3v) is 5.93. The predicted octanol–water partition coefficient (Wildman–Crippen LogP) is 3.88. The molecule has 0 bridgehead atoms. The number of fused-ring (bicyclic) bond motifs is 2. The molecule has 0 saturated heterocycles. The van der Waals surface area contributed by atoms with Crippen molar-refractivity contribution in [3.8, 4) is 28.7 Å². The predicted molar refractivity (Wildman–Crippen MR) is 121 cm³/mol. The minimum absolute atomic E-state index is 0.180. The van der Waals surface area contributed by atoms with Crippen molar-refractivity contribution in [2.24, 2.45) is 0 Å². The minimum Gasteiger partial charge on any atom is -0.493 e. The van der Waals surface area contributed by atoms with Crippen molar-refractivity contribution in [1.82, 2.24) is 9.47 Å². The Morgan fingerprint density at radius 2 is 1.73 bits per heavy atom. The van der Waals surface area contributed by atoms with Gasteiger partial charge in [-0.15, -0.1) is 0 Å². The van der Waals surface area contributed by atoms with Crippen molar-refractivity contribution < 1.29 is 28.5 Å². The number of urea groups is 1. The van der Waals surface area contributed by atoms with Crippen LogP contribution in [-0.2, 0) is 6.54 Å². The second-order valence-electron chi connectivity index (χ2n) is 7.68. The van der Waals surface area contributed by atoms with Crippen LogP contribution in [0.25, 0.3) is 0 Å². The van der Waals surface area contributed by atoms with Gasteiger partial charge >= 0.3 is 6.03 Å². The summed E-state index contributed by atoms with van der Waals surface area (Å²) in [5.74, 6) is 2.85. The van der Waals surface area contributed by atoms with Gasteiger partial charge in [0.15, 0.2) is 23.0 Å².